The highest BCUT2D eigenvalue weighted by Crippen LogP contribution is 2.10. The quantitative estimate of drug-likeness (QED) is 0.532. The largest absolute Gasteiger partial charge is 0.463 e. The molecule has 0 aromatic heterocycles. The average molecular weight is 295 g/mol. The number of nitrogens with zero attached hydrogens (tertiary/aromatic N) is 2. The molecule has 0 rings (SSSR count). The molecule has 11 heteroatoms. The number of hydrogen-bond acceptors (Lipinski definition) is 5. The molecule has 1 amide bonds. The van der Waals surface area contributed by atoms with Crippen LogP contribution in [0.25, 0.3) is 0 Å². The second-order valence-corrected chi connectivity index (χ2v) is 6.86. The molecule has 0 saturated carbocycles. The molecule has 0 unspecified atom stereocenters. The van der Waals surface area contributed by atoms with Gasteiger partial charge in [0.15, 0.2) is 0 Å². The van der Waals surface area contributed by atoms with Crippen LogP contribution in [-0.2, 0) is 20.0 Å². The van der Waals surface area contributed by atoms with E-state index in [9.17, 15) is 21.6 Å². The summed E-state index contributed by atoms with van der Waals surface area (Å²) in [7, 11) is -8.29. The zero-order chi connectivity index (χ0) is 13.1. The molecule has 1 N–H and O–H groups in total. The van der Waals surface area contributed by atoms with Gasteiger partial charge in [-0.05, 0) is 0 Å². The van der Waals surface area contributed by atoms with Crippen molar-refractivity contribution >= 4 is 37.7 Å². The van der Waals surface area contributed by atoms with Crippen LogP contribution in [-0.4, -0.2) is 61.8 Å². The van der Waals surface area contributed by atoms with Crippen LogP contribution in [0.4, 0.5) is 4.79 Å². The zero-order valence-electron chi connectivity index (χ0n) is 8.49. The lowest BCUT2D eigenvalue weighted by Crippen LogP contribution is -2.52. The Balaban J connectivity index is 5.56. The fourth-order valence-electron chi connectivity index (χ4n) is 0.866. The minimum Gasteiger partial charge on any atom is -0.463 e. The van der Waals surface area contributed by atoms with Crippen LogP contribution in [0.2, 0.25) is 0 Å². The standard InChI is InChI=1S/C5H11ClN2O6S2/c1-15(11,12)7(4-3-6)8(5(9)10)16(2,13)14/h3-4H2,1-2H3,(H,9,10). The Morgan fingerprint density at radius 2 is 1.62 bits per heavy atom. The number of sulfonamides is 2. The van der Waals surface area contributed by atoms with Crippen molar-refractivity contribution in [2.75, 3.05) is 24.9 Å². The van der Waals surface area contributed by atoms with Crippen LogP contribution in [0.3, 0.4) is 0 Å². The second-order valence-electron chi connectivity index (χ2n) is 2.79. The average Bonchev–Trinajstić information content (AvgIpc) is 1.98. The summed E-state index contributed by atoms with van der Waals surface area (Å²) in [5.41, 5.74) is 0. The van der Waals surface area contributed by atoms with Gasteiger partial charge in [-0.2, -0.15) is 0 Å². The number of rotatable bonds is 5. The van der Waals surface area contributed by atoms with Crippen LogP contribution in [0.5, 0.6) is 0 Å². The molecule has 0 spiro atoms. The van der Waals surface area contributed by atoms with E-state index in [-0.39, 0.29) is 14.7 Å². The van der Waals surface area contributed by atoms with E-state index >= 15 is 0 Å². The maximum Gasteiger partial charge on any atom is 0.437 e. The van der Waals surface area contributed by atoms with Gasteiger partial charge >= 0.3 is 6.09 Å². The highest BCUT2D eigenvalue weighted by atomic mass is 35.5. The van der Waals surface area contributed by atoms with E-state index in [1.54, 1.807) is 0 Å². The summed E-state index contributed by atoms with van der Waals surface area (Å²) in [5, 5.41) is 8.67. The first-order valence-electron chi connectivity index (χ1n) is 3.78. The number of carbonyl (C=O) groups is 1. The lowest BCUT2D eigenvalue weighted by molar-refractivity contribution is 0.119. The molecule has 0 bridgehead atoms. The smallest absolute Gasteiger partial charge is 0.437 e. The first kappa shape index (κ1) is 15.4. The predicted octanol–water partition coefficient (Wildman–Crippen LogP) is -0.659. The Bertz CT molecular complexity index is 457. The molecule has 0 fully saturated rings. The summed E-state index contributed by atoms with van der Waals surface area (Å²) in [6.45, 7) is -0.459. The monoisotopic (exact) mass is 294 g/mol. The molecular weight excluding hydrogens is 284 g/mol. The summed E-state index contributed by atoms with van der Waals surface area (Å²) in [6.07, 6.45) is -0.660. The molecule has 0 atom stereocenters. The van der Waals surface area contributed by atoms with Crippen LogP contribution >= 0.6 is 11.6 Å². The summed E-state index contributed by atoms with van der Waals surface area (Å²) in [5.74, 6) is -0.244. The Labute approximate surface area is 98.5 Å². The van der Waals surface area contributed by atoms with Gasteiger partial charge in [-0.3, -0.25) is 0 Å². The third-order valence-corrected chi connectivity index (χ3v) is 3.70. The molecule has 8 nitrogen and oxygen atoms in total. The van der Waals surface area contributed by atoms with E-state index in [2.05, 4.69) is 0 Å². The van der Waals surface area contributed by atoms with Crippen molar-refractivity contribution < 1.29 is 26.7 Å². The van der Waals surface area contributed by atoms with E-state index in [1.807, 2.05) is 0 Å². The highest BCUT2D eigenvalue weighted by molar-refractivity contribution is 7.91. The minimum atomic E-state index is -4.25. The topological polar surface area (TPSA) is 112 Å². The van der Waals surface area contributed by atoms with E-state index in [1.165, 1.54) is 0 Å². The molecule has 0 aliphatic carbocycles. The van der Waals surface area contributed by atoms with E-state index in [4.69, 9.17) is 16.7 Å². The van der Waals surface area contributed by atoms with Gasteiger partial charge in [-0.25, -0.2) is 21.6 Å². The normalized spacial score (nSPS) is 12.8. The van der Waals surface area contributed by atoms with Crippen LogP contribution in [0, 0.1) is 0 Å². The molecule has 0 aliphatic rings. The molecule has 0 aromatic rings. The molecule has 0 aliphatic heterocycles. The summed E-state index contributed by atoms with van der Waals surface area (Å²) >= 11 is 5.28. The van der Waals surface area contributed by atoms with Crippen LogP contribution in [0.1, 0.15) is 0 Å². The number of amides is 1. The van der Waals surface area contributed by atoms with Gasteiger partial charge in [0.1, 0.15) is 0 Å². The fourth-order valence-corrected chi connectivity index (χ4v) is 3.31. The van der Waals surface area contributed by atoms with Crippen molar-refractivity contribution in [3.63, 3.8) is 0 Å². The van der Waals surface area contributed by atoms with Gasteiger partial charge in [0, 0.05) is 12.4 Å². The first-order chi connectivity index (χ1) is 7.01. The van der Waals surface area contributed by atoms with Gasteiger partial charge < -0.3 is 5.11 Å². The molecule has 96 valence electrons. The van der Waals surface area contributed by atoms with Crippen molar-refractivity contribution in [3.8, 4) is 0 Å². The molecule has 0 saturated heterocycles. The Morgan fingerprint density at radius 3 is 1.81 bits per heavy atom. The highest BCUT2D eigenvalue weighted by Gasteiger charge is 2.35. The summed E-state index contributed by atoms with van der Waals surface area (Å²) < 4.78 is 44.6. The maximum absolute atomic E-state index is 11.2. The molecule has 0 heterocycles. The van der Waals surface area contributed by atoms with Gasteiger partial charge in [-0.1, -0.05) is 4.41 Å². The van der Waals surface area contributed by atoms with Crippen LogP contribution in [0.15, 0.2) is 0 Å². The number of carboxylic acid groups (broad SMARTS) is 1. The Morgan fingerprint density at radius 1 is 1.19 bits per heavy atom. The summed E-state index contributed by atoms with van der Waals surface area (Å²) in [6, 6.07) is 0. The van der Waals surface area contributed by atoms with Crippen molar-refractivity contribution in [3.05, 3.63) is 0 Å². The first-order valence-corrected chi connectivity index (χ1v) is 8.01. The van der Waals surface area contributed by atoms with Crippen molar-refractivity contribution in [1.82, 2.24) is 8.83 Å². The maximum atomic E-state index is 11.2. The van der Waals surface area contributed by atoms with Gasteiger partial charge in [-0.15, -0.1) is 16.0 Å². The SMILES string of the molecule is CS(=O)(=O)N(CCCl)N(C(=O)O)S(C)(=O)=O. The predicted molar refractivity (Wildman–Crippen MR) is 57.0 cm³/mol. The third-order valence-electron chi connectivity index (χ3n) is 1.34. The van der Waals surface area contributed by atoms with Crippen molar-refractivity contribution in [2.24, 2.45) is 0 Å². The number of halogens is 1. The van der Waals surface area contributed by atoms with Crippen molar-refractivity contribution in [2.45, 2.75) is 0 Å². The van der Waals surface area contributed by atoms with E-state index in [0.717, 1.165) is 0 Å². The van der Waals surface area contributed by atoms with E-state index < -0.39 is 32.7 Å². The molecule has 0 aromatic carbocycles. The molecular formula is C5H11ClN2O6S2. The molecule has 0 radical (unpaired) electrons. The zero-order valence-corrected chi connectivity index (χ0v) is 10.9. The lowest BCUT2D eigenvalue weighted by atomic mass is 10.8. The lowest BCUT2D eigenvalue weighted by Gasteiger charge is -2.27. The number of hydrazine groups is 1. The fraction of sp³-hybridized carbons (Fsp3) is 0.800. The molecule has 16 heavy (non-hydrogen) atoms. The minimum absolute atomic E-state index is 0.178. The number of alkyl halides is 1. The van der Waals surface area contributed by atoms with Crippen molar-refractivity contribution in [1.29, 1.82) is 0 Å². The number of hydrogen-bond donors (Lipinski definition) is 1. The Kier molecular flexibility index (Phi) is 4.98. The second kappa shape index (κ2) is 5.17. The van der Waals surface area contributed by atoms with E-state index in [0.29, 0.717) is 12.5 Å². The van der Waals surface area contributed by atoms with Gasteiger partial charge in [0.25, 0.3) is 10.0 Å². The van der Waals surface area contributed by atoms with Crippen LogP contribution < -0.4 is 0 Å². The third kappa shape index (κ3) is 4.12. The Hall–Kier alpha value is -0.580. The van der Waals surface area contributed by atoms with Gasteiger partial charge in [0.2, 0.25) is 10.0 Å². The summed E-state index contributed by atoms with van der Waals surface area (Å²) in [4.78, 5) is 10.7. The van der Waals surface area contributed by atoms with Gasteiger partial charge in [0.05, 0.1) is 12.5 Å².